The Morgan fingerprint density at radius 2 is 1.75 bits per heavy atom. The summed E-state index contributed by atoms with van der Waals surface area (Å²) in [6, 6.07) is 11.7. The lowest BCUT2D eigenvalue weighted by Gasteiger charge is -2.14. The predicted octanol–water partition coefficient (Wildman–Crippen LogP) is 6.87. The molecule has 162 valence electrons. The molecule has 0 N–H and O–H groups in total. The summed E-state index contributed by atoms with van der Waals surface area (Å²) in [5, 5.41) is 0.980. The Kier molecular flexibility index (Phi) is 5.59. The average Bonchev–Trinajstić information content (AvgIpc) is 3.47. The molecule has 5 rings (SSSR count). The highest BCUT2D eigenvalue weighted by Gasteiger charge is 2.36. The number of furan rings is 1. The van der Waals surface area contributed by atoms with Crippen LogP contribution in [0.5, 0.6) is 11.5 Å². The fraction of sp³-hybridized carbons (Fsp3) is 0.0909. The molecule has 2 aromatic carbocycles. The maximum atomic E-state index is 12.9. The largest absolute Gasteiger partial charge is 0.457 e. The van der Waals surface area contributed by atoms with Crippen molar-refractivity contribution in [1.82, 2.24) is 4.90 Å². The standard InChI is InChI=1S/C22H12Cl3NO5S/c23-12-1-3-15(24)14(6-12)17-4-2-13(31-17)7-20-21(27)26(22(28)32-20)9-11-5-18-19(8-16(11)25)30-10-29-18/h1-8H,9-10H2. The Morgan fingerprint density at radius 1 is 0.969 bits per heavy atom. The van der Waals surface area contributed by atoms with Crippen LogP contribution >= 0.6 is 46.6 Å². The van der Waals surface area contributed by atoms with Gasteiger partial charge in [-0.1, -0.05) is 34.8 Å². The number of halogens is 3. The van der Waals surface area contributed by atoms with Gasteiger partial charge in [0.15, 0.2) is 11.5 Å². The topological polar surface area (TPSA) is 69.0 Å². The number of amides is 2. The summed E-state index contributed by atoms with van der Waals surface area (Å²) in [7, 11) is 0. The summed E-state index contributed by atoms with van der Waals surface area (Å²) in [6.07, 6.45) is 1.52. The van der Waals surface area contributed by atoms with Crippen molar-refractivity contribution in [3.8, 4) is 22.8 Å². The van der Waals surface area contributed by atoms with Crippen LogP contribution in [0.2, 0.25) is 15.1 Å². The lowest BCUT2D eigenvalue weighted by Crippen LogP contribution is -2.27. The minimum Gasteiger partial charge on any atom is -0.457 e. The molecule has 2 amide bonds. The molecule has 0 unspecified atom stereocenters. The first-order valence-corrected chi connectivity index (χ1v) is 11.2. The fourth-order valence-corrected chi connectivity index (χ4v) is 4.69. The maximum Gasteiger partial charge on any atom is 0.293 e. The molecule has 6 nitrogen and oxygen atoms in total. The molecule has 3 aromatic rings. The number of thioether (sulfide) groups is 1. The zero-order valence-electron chi connectivity index (χ0n) is 16.1. The number of benzene rings is 2. The molecule has 1 saturated heterocycles. The monoisotopic (exact) mass is 507 g/mol. The molecule has 1 fully saturated rings. The van der Waals surface area contributed by atoms with E-state index in [4.69, 9.17) is 48.7 Å². The third-order valence-electron chi connectivity index (χ3n) is 4.84. The quantitative estimate of drug-likeness (QED) is 0.358. The van der Waals surface area contributed by atoms with Gasteiger partial charge in [-0.2, -0.15) is 0 Å². The van der Waals surface area contributed by atoms with Crippen molar-refractivity contribution < 1.29 is 23.5 Å². The van der Waals surface area contributed by atoms with Crippen LogP contribution in [0.15, 0.2) is 51.8 Å². The summed E-state index contributed by atoms with van der Waals surface area (Å²) in [5.41, 5.74) is 1.21. The van der Waals surface area contributed by atoms with Gasteiger partial charge in [-0.05, 0) is 53.7 Å². The molecule has 0 atom stereocenters. The highest BCUT2D eigenvalue weighted by molar-refractivity contribution is 8.18. The van der Waals surface area contributed by atoms with Crippen LogP contribution in [-0.4, -0.2) is 22.8 Å². The maximum absolute atomic E-state index is 12.9. The molecule has 3 heterocycles. The number of hydrogen-bond acceptors (Lipinski definition) is 6. The molecule has 0 saturated carbocycles. The highest BCUT2D eigenvalue weighted by atomic mass is 35.5. The number of fused-ring (bicyclic) bond motifs is 1. The van der Waals surface area contributed by atoms with E-state index in [2.05, 4.69) is 0 Å². The van der Waals surface area contributed by atoms with Gasteiger partial charge in [-0.15, -0.1) is 0 Å². The Bertz CT molecular complexity index is 1300. The molecule has 2 aliphatic rings. The highest BCUT2D eigenvalue weighted by Crippen LogP contribution is 2.40. The van der Waals surface area contributed by atoms with Gasteiger partial charge in [0, 0.05) is 27.8 Å². The van der Waals surface area contributed by atoms with Gasteiger partial charge < -0.3 is 13.9 Å². The van der Waals surface area contributed by atoms with Crippen molar-refractivity contribution in [1.29, 1.82) is 0 Å². The van der Waals surface area contributed by atoms with Crippen molar-refractivity contribution in [2.24, 2.45) is 0 Å². The van der Waals surface area contributed by atoms with Gasteiger partial charge in [0.1, 0.15) is 11.5 Å². The first-order chi connectivity index (χ1) is 15.4. The van der Waals surface area contributed by atoms with Crippen LogP contribution in [0.25, 0.3) is 17.4 Å². The van der Waals surface area contributed by atoms with Crippen LogP contribution in [0.1, 0.15) is 11.3 Å². The zero-order chi connectivity index (χ0) is 22.4. The molecular weight excluding hydrogens is 497 g/mol. The minimum absolute atomic E-state index is 0.0129. The van der Waals surface area contributed by atoms with Gasteiger partial charge >= 0.3 is 0 Å². The van der Waals surface area contributed by atoms with E-state index < -0.39 is 11.1 Å². The van der Waals surface area contributed by atoms with E-state index in [1.807, 2.05) is 0 Å². The first-order valence-electron chi connectivity index (χ1n) is 9.28. The van der Waals surface area contributed by atoms with E-state index in [0.29, 0.717) is 49.2 Å². The molecule has 32 heavy (non-hydrogen) atoms. The van der Waals surface area contributed by atoms with Gasteiger partial charge in [0.05, 0.1) is 16.5 Å². The smallest absolute Gasteiger partial charge is 0.293 e. The fourth-order valence-electron chi connectivity index (χ4n) is 3.28. The summed E-state index contributed by atoms with van der Waals surface area (Å²) >= 11 is 19.4. The van der Waals surface area contributed by atoms with Crippen LogP contribution < -0.4 is 9.47 Å². The average molecular weight is 509 g/mol. The van der Waals surface area contributed by atoms with Crippen LogP contribution in [-0.2, 0) is 11.3 Å². The van der Waals surface area contributed by atoms with Gasteiger partial charge in [0.2, 0.25) is 6.79 Å². The second-order valence-electron chi connectivity index (χ2n) is 6.89. The van der Waals surface area contributed by atoms with E-state index in [9.17, 15) is 9.59 Å². The van der Waals surface area contributed by atoms with Crippen molar-refractivity contribution in [2.75, 3.05) is 6.79 Å². The molecule has 2 aliphatic heterocycles. The van der Waals surface area contributed by atoms with Gasteiger partial charge in [-0.25, -0.2) is 0 Å². The number of carbonyl (C=O) groups excluding carboxylic acids is 2. The van der Waals surface area contributed by atoms with Crippen molar-refractivity contribution in [3.05, 3.63) is 73.8 Å². The van der Waals surface area contributed by atoms with E-state index in [0.717, 1.165) is 16.7 Å². The molecule has 1 aromatic heterocycles. The Hall–Kier alpha value is -2.58. The zero-order valence-corrected chi connectivity index (χ0v) is 19.1. The first kappa shape index (κ1) is 21.3. The van der Waals surface area contributed by atoms with Gasteiger partial charge in [0.25, 0.3) is 11.1 Å². The molecule has 0 aliphatic carbocycles. The second kappa shape index (κ2) is 8.41. The van der Waals surface area contributed by atoms with Crippen molar-refractivity contribution in [2.45, 2.75) is 6.54 Å². The van der Waals surface area contributed by atoms with E-state index >= 15 is 0 Å². The van der Waals surface area contributed by atoms with Crippen molar-refractivity contribution in [3.63, 3.8) is 0 Å². The van der Waals surface area contributed by atoms with E-state index in [1.54, 1.807) is 42.5 Å². The number of carbonyl (C=O) groups is 2. The molecule has 0 radical (unpaired) electrons. The molecule has 0 spiro atoms. The third-order valence-corrected chi connectivity index (χ3v) is 6.66. The number of hydrogen-bond donors (Lipinski definition) is 0. The SMILES string of the molecule is O=C1SC(=Cc2ccc(-c3cc(Cl)ccc3Cl)o2)C(=O)N1Cc1cc2c(cc1Cl)OCO2. The lowest BCUT2D eigenvalue weighted by atomic mass is 10.2. The van der Waals surface area contributed by atoms with E-state index in [1.165, 1.54) is 6.08 Å². The lowest BCUT2D eigenvalue weighted by molar-refractivity contribution is -0.123. The normalized spacial score (nSPS) is 16.5. The number of ether oxygens (including phenoxy) is 2. The Labute approximate surface area is 201 Å². The second-order valence-corrected chi connectivity index (χ2v) is 9.13. The van der Waals surface area contributed by atoms with Crippen LogP contribution in [0.4, 0.5) is 4.79 Å². The van der Waals surface area contributed by atoms with Crippen molar-refractivity contribution >= 4 is 63.8 Å². The summed E-state index contributed by atoms with van der Waals surface area (Å²) in [6.45, 7) is 0.115. The Morgan fingerprint density at radius 3 is 2.56 bits per heavy atom. The number of imide groups is 1. The molecule has 0 bridgehead atoms. The predicted molar refractivity (Wildman–Crippen MR) is 123 cm³/mol. The Balaban J connectivity index is 1.38. The number of rotatable bonds is 4. The van der Waals surface area contributed by atoms with Crippen LogP contribution in [0, 0.1) is 0 Å². The number of nitrogens with zero attached hydrogens (tertiary/aromatic N) is 1. The summed E-state index contributed by atoms with van der Waals surface area (Å²) in [5.74, 6) is 1.51. The summed E-state index contributed by atoms with van der Waals surface area (Å²) < 4.78 is 16.4. The van der Waals surface area contributed by atoms with Crippen LogP contribution in [0.3, 0.4) is 0 Å². The third kappa shape index (κ3) is 3.97. The minimum atomic E-state index is -0.438. The summed E-state index contributed by atoms with van der Waals surface area (Å²) in [4.78, 5) is 26.8. The van der Waals surface area contributed by atoms with E-state index in [-0.39, 0.29) is 18.2 Å². The van der Waals surface area contributed by atoms with Gasteiger partial charge in [-0.3, -0.25) is 14.5 Å². The molecular formula is C22H12Cl3NO5S. The molecule has 10 heteroatoms.